The van der Waals surface area contributed by atoms with Gasteiger partial charge in [0.1, 0.15) is 5.69 Å². The van der Waals surface area contributed by atoms with Crippen molar-refractivity contribution in [3.8, 4) is 11.3 Å². The first-order valence-electron chi connectivity index (χ1n) is 6.52. The molecule has 1 heterocycles. The van der Waals surface area contributed by atoms with E-state index in [9.17, 15) is 0 Å². The lowest BCUT2D eigenvalue weighted by molar-refractivity contribution is 0.324. The molecule has 0 spiro atoms. The highest BCUT2D eigenvalue weighted by atomic mass is 35.5. The second-order valence-corrected chi connectivity index (χ2v) is 5.19. The van der Waals surface area contributed by atoms with Gasteiger partial charge < -0.3 is 0 Å². The molecule has 0 N–H and O–H groups in total. The molecule has 94 valence electrons. The van der Waals surface area contributed by atoms with Crippen LogP contribution in [0.3, 0.4) is 0 Å². The fourth-order valence-electron chi connectivity index (χ4n) is 2.61. The molecule has 3 nitrogen and oxygen atoms in total. The van der Waals surface area contributed by atoms with Crippen molar-refractivity contribution < 1.29 is 0 Å². The Morgan fingerprint density at radius 1 is 1.06 bits per heavy atom. The second kappa shape index (κ2) is 5.11. The molecular formula is C14H16ClN3. The average molecular weight is 262 g/mol. The summed E-state index contributed by atoms with van der Waals surface area (Å²) < 4.78 is 1.91. The molecule has 0 radical (unpaired) electrons. The summed E-state index contributed by atoms with van der Waals surface area (Å²) in [4.78, 5) is 0. The van der Waals surface area contributed by atoms with Gasteiger partial charge in [-0.15, -0.1) is 5.10 Å². The van der Waals surface area contributed by atoms with Crippen molar-refractivity contribution in [1.29, 1.82) is 0 Å². The van der Waals surface area contributed by atoms with Gasteiger partial charge in [-0.05, 0) is 12.8 Å². The quantitative estimate of drug-likeness (QED) is 0.815. The zero-order valence-corrected chi connectivity index (χ0v) is 11.0. The Kier molecular flexibility index (Phi) is 3.33. The molecule has 0 atom stereocenters. The fraction of sp³-hybridized carbons (Fsp3) is 0.429. The number of rotatable bonds is 2. The van der Waals surface area contributed by atoms with E-state index in [1.807, 2.05) is 35.0 Å². The van der Waals surface area contributed by atoms with E-state index < -0.39 is 0 Å². The summed E-state index contributed by atoms with van der Waals surface area (Å²) in [5.74, 6) is 0. The van der Waals surface area contributed by atoms with E-state index in [1.165, 1.54) is 19.3 Å². The number of halogens is 1. The lowest BCUT2D eigenvalue weighted by Crippen LogP contribution is -2.14. The molecule has 3 rings (SSSR count). The first-order chi connectivity index (χ1) is 8.86. The third-order valence-corrected chi connectivity index (χ3v) is 3.96. The summed E-state index contributed by atoms with van der Waals surface area (Å²) in [6.07, 6.45) is 6.19. The maximum Gasteiger partial charge on any atom is 0.155 e. The van der Waals surface area contributed by atoms with Crippen molar-refractivity contribution in [3.05, 3.63) is 35.5 Å². The molecule has 0 aliphatic heterocycles. The lowest BCUT2D eigenvalue weighted by atomic mass is 9.96. The molecule has 4 heteroatoms. The molecule has 1 aromatic carbocycles. The van der Waals surface area contributed by atoms with Crippen LogP contribution in [-0.2, 0) is 0 Å². The summed E-state index contributed by atoms with van der Waals surface area (Å²) in [6, 6.07) is 10.4. The van der Waals surface area contributed by atoms with Gasteiger partial charge in [-0.25, -0.2) is 4.68 Å². The van der Waals surface area contributed by atoms with Crippen LogP contribution in [0.25, 0.3) is 11.3 Å². The van der Waals surface area contributed by atoms with Crippen LogP contribution in [0, 0.1) is 0 Å². The van der Waals surface area contributed by atoms with Gasteiger partial charge in [0, 0.05) is 5.56 Å². The molecule has 1 aromatic heterocycles. The first kappa shape index (κ1) is 11.7. The minimum absolute atomic E-state index is 0.427. The monoisotopic (exact) mass is 261 g/mol. The van der Waals surface area contributed by atoms with Crippen molar-refractivity contribution in [2.24, 2.45) is 0 Å². The van der Waals surface area contributed by atoms with E-state index in [0.717, 1.165) is 24.1 Å². The number of hydrogen-bond donors (Lipinski definition) is 0. The summed E-state index contributed by atoms with van der Waals surface area (Å²) >= 11 is 6.43. The summed E-state index contributed by atoms with van der Waals surface area (Å²) in [5, 5.41) is 9.17. The molecule has 0 amide bonds. The van der Waals surface area contributed by atoms with Crippen LogP contribution in [0.15, 0.2) is 30.3 Å². The largest absolute Gasteiger partial charge is 0.230 e. The van der Waals surface area contributed by atoms with E-state index in [2.05, 4.69) is 10.3 Å². The van der Waals surface area contributed by atoms with Gasteiger partial charge in [0.2, 0.25) is 0 Å². The minimum Gasteiger partial charge on any atom is -0.230 e. The molecule has 0 unspecified atom stereocenters. The Labute approximate surface area is 112 Å². The smallest absolute Gasteiger partial charge is 0.155 e. The molecule has 1 fully saturated rings. The molecule has 2 aromatic rings. The standard InChI is InChI=1S/C14H16ClN3/c15-14-13(11-7-3-1-4-8-11)16-17-18(14)12-9-5-2-6-10-12/h1,3-4,7-8,12H,2,5-6,9-10H2. The predicted octanol–water partition coefficient (Wildman–Crippen LogP) is 4.10. The Hall–Kier alpha value is -1.35. The van der Waals surface area contributed by atoms with Crippen molar-refractivity contribution in [3.63, 3.8) is 0 Å². The molecule has 0 saturated heterocycles. The van der Waals surface area contributed by atoms with E-state index in [-0.39, 0.29) is 0 Å². The van der Waals surface area contributed by atoms with Gasteiger partial charge >= 0.3 is 0 Å². The maximum atomic E-state index is 6.43. The molecule has 1 aliphatic rings. The van der Waals surface area contributed by atoms with Crippen LogP contribution in [0.2, 0.25) is 5.15 Å². The van der Waals surface area contributed by atoms with Crippen molar-refractivity contribution in [1.82, 2.24) is 15.0 Å². The Morgan fingerprint density at radius 2 is 1.78 bits per heavy atom. The summed E-state index contributed by atoms with van der Waals surface area (Å²) in [7, 11) is 0. The van der Waals surface area contributed by atoms with Gasteiger partial charge in [0.15, 0.2) is 5.15 Å². The average Bonchev–Trinajstić information content (AvgIpc) is 2.83. The van der Waals surface area contributed by atoms with Crippen molar-refractivity contribution in [2.45, 2.75) is 38.1 Å². The van der Waals surface area contributed by atoms with Crippen LogP contribution in [-0.4, -0.2) is 15.0 Å². The molecule has 1 aliphatic carbocycles. The highest BCUT2D eigenvalue weighted by molar-refractivity contribution is 6.32. The van der Waals surface area contributed by atoms with Gasteiger partial charge in [0.05, 0.1) is 6.04 Å². The molecular weight excluding hydrogens is 246 g/mol. The minimum atomic E-state index is 0.427. The number of aromatic nitrogens is 3. The van der Waals surface area contributed by atoms with Gasteiger partial charge in [0.25, 0.3) is 0 Å². The van der Waals surface area contributed by atoms with Crippen molar-refractivity contribution >= 4 is 11.6 Å². The topological polar surface area (TPSA) is 30.7 Å². The van der Waals surface area contributed by atoms with Gasteiger partial charge in [-0.1, -0.05) is 66.4 Å². The van der Waals surface area contributed by atoms with Crippen LogP contribution >= 0.6 is 11.6 Å². The Bertz CT molecular complexity index is 515. The highest BCUT2D eigenvalue weighted by Crippen LogP contribution is 2.33. The van der Waals surface area contributed by atoms with Crippen molar-refractivity contribution in [2.75, 3.05) is 0 Å². The summed E-state index contributed by atoms with van der Waals surface area (Å²) in [5.41, 5.74) is 1.83. The van der Waals surface area contributed by atoms with E-state index in [1.54, 1.807) is 0 Å². The Balaban J connectivity index is 1.92. The molecule has 0 bridgehead atoms. The van der Waals surface area contributed by atoms with Crippen LogP contribution in [0.1, 0.15) is 38.1 Å². The zero-order valence-electron chi connectivity index (χ0n) is 10.2. The van der Waals surface area contributed by atoms with Crippen LogP contribution < -0.4 is 0 Å². The number of nitrogens with zero attached hydrogens (tertiary/aromatic N) is 3. The van der Waals surface area contributed by atoms with E-state index in [0.29, 0.717) is 11.2 Å². The van der Waals surface area contributed by atoms with E-state index in [4.69, 9.17) is 11.6 Å². The van der Waals surface area contributed by atoms with Gasteiger partial charge in [-0.3, -0.25) is 0 Å². The predicted molar refractivity (Wildman–Crippen MR) is 72.6 cm³/mol. The van der Waals surface area contributed by atoms with E-state index >= 15 is 0 Å². The Morgan fingerprint density at radius 3 is 2.50 bits per heavy atom. The summed E-state index contributed by atoms with van der Waals surface area (Å²) in [6.45, 7) is 0. The lowest BCUT2D eigenvalue weighted by Gasteiger charge is -2.21. The first-order valence-corrected chi connectivity index (χ1v) is 6.90. The zero-order chi connectivity index (χ0) is 12.4. The maximum absolute atomic E-state index is 6.43. The third kappa shape index (κ3) is 2.15. The van der Waals surface area contributed by atoms with Gasteiger partial charge in [-0.2, -0.15) is 0 Å². The molecule has 1 saturated carbocycles. The van der Waals surface area contributed by atoms with Crippen LogP contribution in [0.5, 0.6) is 0 Å². The number of hydrogen-bond acceptors (Lipinski definition) is 2. The normalized spacial score (nSPS) is 16.9. The number of benzene rings is 1. The highest BCUT2D eigenvalue weighted by Gasteiger charge is 2.21. The van der Waals surface area contributed by atoms with Crippen LogP contribution in [0.4, 0.5) is 0 Å². The molecule has 18 heavy (non-hydrogen) atoms. The second-order valence-electron chi connectivity index (χ2n) is 4.83. The third-order valence-electron chi connectivity index (χ3n) is 3.61. The fourth-order valence-corrected chi connectivity index (χ4v) is 2.93. The SMILES string of the molecule is Clc1c(-c2ccccc2)nnn1C1CCCCC1.